The highest BCUT2D eigenvalue weighted by Gasteiger charge is 2.22. The summed E-state index contributed by atoms with van der Waals surface area (Å²) in [6.07, 6.45) is 1.56. The Balaban J connectivity index is 1.96. The molecule has 2 heterocycles. The number of benzene rings is 2. The van der Waals surface area contributed by atoms with Gasteiger partial charge in [-0.3, -0.25) is 0 Å². The van der Waals surface area contributed by atoms with E-state index < -0.39 is 5.92 Å². The summed E-state index contributed by atoms with van der Waals surface area (Å²) < 4.78 is 1.70. The summed E-state index contributed by atoms with van der Waals surface area (Å²) in [5.74, 6) is -0.539. The van der Waals surface area contributed by atoms with Gasteiger partial charge in [-0.25, -0.2) is 4.68 Å². The fourth-order valence-corrected chi connectivity index (χ4v) is 2.70. The van der Waals surface area contributed by atoms with Gasteiger partial charge in [0.05, 0.1) is 18.0 Å². The molecule has 0 bridgehead atoms. The first kappa shape index (κ1) is 14.0. The van der Waals surface area contributed by atoms with E-state index in [1.54, 1.807) is 10.9 Å². The molecular weight excluding hydrogens is 300 g/mol. The molecule has 0 aliphatic rings. The predicted molar refractivity (Wildman–Crippen MR) is 88.4 cm³/mol. The molecule has 24 heavy (non-hydrogen) atoms. The minimum absolute atomic E-state index is 0.539. The van der Waals surface area contributed by atoms with Crippen LogP contribution in [-0.4, -0.2) is 25.2 Å². The molecule has 1 unspecified atom stereocenters. The largest absolute Gasteiger partial charge is 0.211 e. The lowest BCUT2D eigenvalue weighted by atomic mass is 9.96. The Morgan fingerprint density at radius 3 is 2.33 bits per heavy atom. The van der Waals surface area contributed by atoms with E-state index in [4.69, 9.17) is 0 Å². The van der Waals surface area contributed by atoms with E-state index in [2.05, 4.69) is 26.6 Å². The van der Waals surface area contributed by atoms with Crippen LogP contribution in [0, 0.1) is 11.3 Å². The van der Waals surface area contributed by atoms with Gasteiger partial charge in [-0.15, -0.1) is 5.10 Å². The van der Waals surface area contributed by atoms with Crippen molar-refractivity contribution in [1.29, 1.82) is 5.26 Å². The Morgan fingerprint density at radius 2 is 1.62 bits per heavy atom. The van der Waals surface area contributed by atoms with Crippen LogP contribution in [0.2, 0.25) is 0 Å². The highest BCUT2D eigenvalue weighted by atomic mass is 15.4. The number of para-hydroxylation sites is 1. The van der Waals surface area contributed by atoms with E-state index in [9.17, 15) is 5.26 Å². The molecule has 0 fully saturated rings. The predicted octanol–water partition coefficient (Wildman–Crippen LogP) is 2.87. The van der Waals surface area contributed by atoms with Crippen molar-refractivity contribution in [1.82, 2.24) is 25.2 Å². The number of aromatic nitrogens is 5. The van der Waals surface area contributed by atoms with Crippen LogP contribution in [0.5, 0.6) is 0 Å². The van der Waals surface area contributed by atoms with Crippen LogP contribution in [0.1, 0.15) is 17.2 Å². The third-order valence-corrected chi connectivity index (χ3v) is 3.82. The zero-order valence-electron chi connectivity index (χ0n) is 12.6. The molecule has 0 spiro atoms. The minimum atomic E-state index is -0.539. The third kappa shape index (κ3) is 2.29. The fraction of sp³-hybridized carbons (Fsp3) is 0.0556. The fourth-order valence-electron chi connectivity index (χ4n) is 2.70. The van der Waals surface area contributed by atoms with Gasteiger partial charge in [0.25, 0.3) is 0 Å². The summed E-state index contributed by atoms with van der Waals surface area (Å²) in [7, 11) is 0. The maximum Gasteiger partial charge on any atom is 0.135 e. The van der Waals surface area contributed by atoms with Crippen molar-refractivity contribution in [2.45, 2.75) is 5.92 Å². The number of nitrogens with zero attached hydrogens (tertiary/aromatic N) is 6. The van der Waals surface area contributed by atoms with Crippen LogP contribution in [0.25, 0.3) is 16.7 Å². The average molecular weight is 312 g/mol. The molecular formula is C18H12N6. The zero-order valence-corrected chi connectivity index (χ0v) is 12.6. The normalized spacial score (nSPS) is 12.0. The molecule has 6 heteroatoms. The Bertz CT molecular complexity index is 1020. The smallest absolute Gasteiger partial charge is 0.135 e. The first-order chi connectivity index (χ1) is 11.9. The molecule has 0 aliphatic carbocycles. The van der Waals surface area contributed by atoms with Gasteiger partial charge in [0.2, 0.25) is 0 Å². The topological polar surface area (TPSA) is 80.3 Å². The number of hydrogen-bond donors (Lipinski definition) is 0. The van der Waals surface area contributed by atoms with Crippen molar-refractivity contribution >= 4 is 11.0 Å². The van der Waals surface area contributed by atoms with E-state index in [0.717, 1.165) is 11.3 Å². The van der Waals surface area contributed by atoms with Crippen LogP contribution in [0.4, 0.5) is 0 Å². The van der Waals surface area contributed by atoms with Crippen LogP contribution in [0.3, 0.4) is 0 Å². The van der Waals surface area contributed by atoms with Crippen molar-refractivity contribution in [3.63, 3.8) is 0 Å². The lowest BCUT2D eigenvalue weighted by Crippen LogP contribution is -2.07. The molecule has 1 atom stereocenters. The first-order valence-electron chi connectivity index (χ1n) is 7.45. The maximum absolute atomic E-state index is 9.72. The molecule has 0 saturated heterocycles. The van der Waals surface area contributed by atoms with Crippen LogP contribution < -0.4 is 0 Å². The van der Waals surface area contributed by atoms with Gasteiger partial charge in [0, 0.05) is 0 Å². The molecule has 0 radical (unpaired) electrons. The zero-order chi connectivity index (χ0) is 16.4. The Morgan fingerprint density at radius 1 is 0.917 bits per heavy atom. The number of fused-ring (bicyclic) bond motifs is 1. The van der Waals surface area contributed by atoms with Gasteiger partial charge in [-0.2, -0.15) is 15.5 Å². The summed E-state index contributed by atoms with van der Waals surface area (Å²) in [6, 6.07) is 21.5. The molecule has 0 saturated carbocycles. The number of hydrogen-bond acceptors (Lipinski definition) is 5. The minimum Gasteiger partial charge on any atom is -0.211 e. The molecule has 6 nitrogen and oxygen atoms in total. The Hall–Kier alpha value is -3.59. The quantitative estimate of drug-likeness (QED) is 0.581. The SMILES string of the molecule is N#CC(c1ccccc1)c1nncc2nnn(-c3ccccc3)c12. The molecule has 4 rings (SSSR count). The van der Waals surface area contributed by atoms with Crippen LogP contribution >= 0.6 is 0 Å². The second-order valence-electron chi connectivity index (χ2n) is 5.27. The molecule has 0 aliphatic heterocycles. The summed E-state index contributed by atoms with van der Waals surface area (Å²) in [5, 5.41) is 26.3. The van der Waals surface area contributed by atoms with Crippen LogP contribution in [-0.2, 0) is 0 Å². The second kappa shape index (κ2) is 5.89. The van der Waals surface area contributed by atoms with Gasteiger partial charge < -0.3 is 0 Å². The van der Waals surface area contributed by atoms with Crippen molar-refractivity contribution in [2.75, 3.05) is 0 Å². The lowest BCUT2D eigenvalue weighted by Gasteiger charge is -2.10. The van der Waals surface area contributed by atoms with Crippen LogP contribution in [0.15, 0.2) is 66.9 Å². The van der Waals surface area contributed by atoms with E-state index in [0.29, 0.717) is 16.7 Å². The Kier molecular flexibility index (Phi) is 3.45. The summed E-state index contributed by atoms with van der Waals surface area (Å²) in [4.78, 5) is 0. The first-order valence-corrected chi connectivity index (χ1v) is 7.45. The molecule has 0 N–H and O–H groups in total. The molecule has 2 aromatic heterocycles. The van der Waals surface area contributed by atoms with Gasteiger partial charge in [0.1, 0.15) is 22.6 Å². The molecule has 114 valence electrons. The monoisotopic (exact) mass is 312 g/mol. The number of nitriles is 1. The molecule has 4 aromatic rings. The Labute approximate surface area is 138 Å². The second-order valence-corrected chi connectivity index (χ2v) is 5.27. The van der Waals surface area contributed by atoms with Crippen molar-refractivity contribution in [2.24, 2.45) is 0 Å². The van der Waals surface area contributed by atoms with E-state index in [1.165, 1.54) is 0 Å². The van der Waals surface area contributed by atoms with Gasteiger partial charge in [-0.05, 0) is 17.7 Å². The summed E-state index contributed by atoms with van der Waals surface area (Å²) in [5.41, 5.74) is 3.59. The standard InChI is InChI=1S/C18H12N6/c19-11-15(13-7-3-1-4-8-13)17-18-16(12-20-22-17)21-23-24(18)14-9-5-2-6-10-14/h1-10,12,15H. The maximum atomic E-state index is 9.72. The molecule has 2 aromatic carbocycles. The van der Waals surface area contributed by atoms with E-state index >= 15 is 0 Å². The lowest BCUT2D eigenvalue weighted by molar-refractivity contribution is 0.813. The molecule has 0 amide bonds. The van der Waals surface area contributed by atoms with Crippen molar-refractivity contribution < 1.29 is 0 Å². The van der Waals surface area contributed by atoms with Crippen molar-refractivity contribution in [3.8, 4) is 11.8 Å². The van der Waals surface area contributed by atoms with Gasteiger partial charge in [-0.1, -0.05) is 53.7 Å². The van der Waals surface area contributed by atoms with E-state index in [-0.39, 0.29) is 0 Å². The van der Waals surface area contributed by atoms with Gasteiger partial charge in [0.15, 0.2) is 0 Å². The van der Waals surface area contributed by atoms with E-state index in [1.807, 2.05) is 60.7 Å². The third-order valence-electron chi connectivity index (χ3n) is 3.82. The number of rotatable bonds is 3. The highest BCUT2D eigenvalue weighted by Crippen LogP contribution is 2.28. The average Bonchev–Trinajstić information content (AvgIpc) is 3.09. The summed E-state index contributed by atoms with van der Waals surface area (Å²) >= 11 is 0. The van der Waals surface area contributed by atoms with Crippen molar-refractivity contribution in [3.05, 3.63) is 78.1 Å². The highest BCUT2D eigenvalue weighted by molar-refractivity contribution is 5.79. The van der Waals surface area contributed by atoms with Gasteiger partial charge >= 0.3 is 0 Å². The summed E-state index contributed by atoms with van der Waals surface area (Å²) in [6.45, 7) is 0.